The Kier molecular flexibility index (Phi) is 3.91. The third-order valence-electron chi connectivity index (χ3n) is 2.45. The van der Waals surface area contributed by atoms with Crippen LogP contribution in [0.2, 0.25) is 0 Å². The van der Waals surface area contributed by atoms with E-state index in [1.54, 1.807) is 26.1 Å². The molecule has 1 atom stereocenters. The molecule has 2 N–H and O–H groups in total. The Hall–Kier alpha value is -2.22. The Balaban J connectivity index is 1.82. The van der Waals surface area contributed by atoms with Gasteiger partial charge in [-0.2, -0.15) is 0 Å². The second-order valence-corrected chi connectivity index (χ2v) is 4.20. The lowest BCUT2D eigenvalue weighted by atomic mass is 10.3. The molecule has 2 rings (SSSR count). The number of carbonyl (C=O) groups is 1. The van der Waals surface area contributed by atoms with Crippen molar-refractivity contribution in [2.75, 3.05) is 5.32 Å². The van der Waals surface area contributed by atoms with Gasteiger partial charge in [0, 0.05) is 12.5 Å². The van der Waals surface area contributed by atoms with Crippen LogP contribution < -0.4 is 5.32 Å². The normalized spacial score (nSPS) is 12.4. The minimum atomic E-state index is -0.666. The zero-order valence-electron chi connectivity index (χ0n) is 10.7. The summed E-state index contributed by atoms with van der Waals surface area (Å²) in [5.74, 6) is 0.835. The third-order valence-corrected chi connectivity index (χ3v) is 2.45. The van der Waals surface area contributed by atoms with Crippen molar-refractivity contribution in [2.45, 2.75) is 32.9 Å². The minimum absolute atomic E-state index is 0.192. The van der Waals surface area contributed by atoms with Crippen LogP contribution in [0.15, 0.2) is 16.8 Å². The maximum atomic E-state index is 11.6. The van der Waals surface area contributed by atoms with Crippen molar-refractivity contribution in [3.8, 4) is 0 Å². The summed E-state index contributed by atoms with van der Waals surface area (Å²) in [6.07, 6.45) is 1.17. The van der Waals surface area contributed by atoms with Crippen molar-refractivity contribution in [3.05, 3.63) is 23.7 Å². The van der Waals surface area contributed by atoms with Gasteiger partial charge in [-0.25, -0.2) is 0 Å². The summed E-state index contributed by atoms with van der Waals surface area (Å²) >= 11 is 0. The molecule has 8 heteroatoms. The molecule has 2 heterocycles. The fraction of sp³-hybridized carbons (Fsp3) is 0.455. The molecule has 1 amide bonds. The second kappa shape index (κ2) is 5.61. The molecule has 8 nitrogen and oxygen atoms in total. The predicted molar refractivity (Wildman–Crippen MR) is 65.1 cm³/mol. The lowest BCUT2D eigenvalue weighted by Gasteiger charge is -2.01. The first-order chi connectivity index (χ1) is 9.04. The van der Waals surface area contributed by atoms with Crippen molar-refractivity contribution in [3.63, 3.8) is 0 Å². The van der Waals surface area contributed by atoms with Crippen LogP contribution in [0.25, 0.3) is 0 Å². The van der Waals surface area contributed by atoms with E-state index in [0.29, 0.717) is 23.8 Å². The number of aliphatic hydroxyl groups excluding tert-OH is 1. The van der Waals surface area contributed by atoms with Gasteiger partial charge in [-0.1, -0.05) is 10.4 Å². The Morgan fingerprint density at radius 2 is 2.42 bits per heavy atom. The van der Waals surface area contributed by atoms with Gasteiger partial charge in [0.15, 0.2) is 5.82 Å². The monoisotopic (exact) mass is 265 g/mol. The zero-order chi connectivity index (χ0) is 13.8. The van der Waals surface area contributed by atoms with Crippen LogP contribution in [-0.4, -0.2) is 31.2 Å². The van der Waals surface area contributed by atoms with Crippen LogP contribution in [-0.2, 0) is 11.3 Å². The number of anilines is 1. The van der Waals surface area contributed by atoms with Crippen molar-refractivity contribution < 1.29 is 14.4 Å². The van der Waals surface area contributed by atoms with Gasteiger partial charge in [-0.05, 0) is 13.8 Å². The summed E-state index contributed by atoms with van der Waals surface area (Å²) in [5, 5.41) is 23.2. The number of hydrogen-bond acceptors (Lipinski definition) is 6. The summed E-state index contributed by atoms with van der Waals surface area (Å²) in [6, 6.07) is 1.64. The van der Waals surface area contributed by atoms with Gasteiger partial charge in [-0.3, -0.25) is 9.48 Å². The molecular formula is C11H15N5O3. The molecule has 19 heavy (non-hydrogen) atoms. The predicted octanol–water partition coefficient (Wildman–Crippen LogP) is 0.657. The van der Waals surface area contributed by atoms with Crippen molar-refractivity contribution >= 4 is 11.7 Å². The second-order valence-electron chi connectivity index (χ2n) is 4.20. The molecule has 102 valence electrons. The number of hydrogen-bond donors (Lipinski definition) is 2. The number of aromatic nitrogens is 4. The molecule has 1 unspecified atom stereocenters. The highest BCUT2D eigenvalue weighted by atomic mass is 16.5. The number of nitrogens with zero attached hydrogens (tertiary/aromatic N) is 4. The highest BCUT2D eigenvalue weighted by Gasteiger charge is 2.09. The molecule has 0 saturated carbocycles. The van der Waals surface area contributed by atoms with Crippen LogP contribution in [0.1, 0.15) is 30.9 Å². The smallest absolute Gasteiger partial charge is 0.227 e. The first kappa shape index (κ1) is 13.2. The van der Waals surface area contributed by atoms with Crippen molar-refractivity contribution in [1.82, 2.24) is 20.2 Å². The van der Waals surface area contributed by atoms with Gasteiger partial charge < -0.3 is 14.9 Å². The molecule has 0 aromatic carbocycles. The molecule has 0 spiro atoms. The van der Waals surface area contributed by atoms with Gasteiger partial charge in [0.25, 0.3) is 0 Å². The molecule has 2 aromatic rings. The highest BCUT2D eigenvalue weighted by Crippen LogP contribution is 2.08. The number of rotatable bonds is 5. The molecule has 0 fully saturated rings. The van der Waals surface area contributed by atoms with Crippen LogP contribution >= 0.6 is 0 Å². The molecule has 0 radical (unpaired) electrons. The summed E-state index contributed by atoms with van der Waals surface area (Å²) in [5.41, 5.74) is 0.479. The number of amides is 1. The number of aryl methyl sites for hydroxylation is 2. The topological polar surface area (TPSA) is 106 Å². The lowest BCUT2D eigenvalue weighted by Crippen LogP contribution is -2.15. The van der Waals surface area contributed by atoms with E-state index in [-0.39, 0.29) is 12.3 Å². The largest absolute Gasteiger partial charge is 0.387 e. The van der Waals surface area contributed by atoms with E-state index in [9.17, 15) is 9.90 Å². The summed E-state index contributed by atoms with van der Waals surface area (Å²) in [7, 11) is 0. The first-order valence-electron chi connectivity index (χ1n) is 5.86. The summed E-state index contributed by atoms with van der Waals surface area (Å²) < 4.78 is 6.35. The van der Waals surface area contributed by atoms with E-state index in [1.807, 2.05) is 0 Å². The number of aliphatic hydroxyl groups is 1. The van der Waals surface area contributed by atoms with Crippen molar-refractivity contribution in [1.29, 1.82) is 0 Å². The molecule has 0 saturated heterocycles. The molecule has 0 aliphatic carbocycles. The molecule has 0 bridgehead atoms. The molecule has 0 aliphatic heterocycles. The fourth-order valence-corrected chi connectivity index (χ4v) is 1.46. The number of nitrogens with one attached hydrogen (secondary N) is 1. The van der Waals surface area contributed by atoms with E-state index in [2.05, 4.69) is 20.8 Å². The Bertz CT molecular complexity index is 560. The van der Waals surface area contributed by atoms with E-state index in [4.69, 9.17) is 4.52 Å². The Labute approximate surface area is 109 Å². The maximum absolute atomic E-state index is 11.6. The Morgan fingerprint density at radius 1 is 1.63 bits per heavy atom. The van der Waals surface area contributed by atoms with Crippen molar-refractivity contribution in [2.24, 2.45) is 0 Å². The number of carbonyl (C=O) groups excluding carboxylic acids is 1. The van der Waals surface area contributed by atoms with Gasteiger partial charge >= 0.3 is 0 Å². The van der Waals surface area contributed by atoms with Crippen LogP contribution in [0.5, 0.6) is 0 Å². The maximum Gasteiger partial charge on any atom is 0.227 e. The quantitative estimate of drug-likeness (QED) is 0.822. The molecular weight excluding hydrogens is 250 g/mol. The molecule has 0 aliphatic rings. The zero-order valence-corrected chi connectivity index (χ0v) is 10.7. The van der Waals surface area contributed by atoms with E-state index in [1.165, 1.54) is 4.68 Å². The summed E-state index contributed by atoms with van der Waals surface area (Å²) in [4.78, 5) is 11.6. The standard InChI is InChI=1S/C11H15N5O3/c1-7-5-10(14-19-7)12-11(18)3-4-16-6-9(8(2)17)13-15-16/h5-6,8,17H,3-4H2,1-2H3,(H,12,14,18). The third kappa shape index (κ3) is 3.62. The van der Waals surface area contributed by atoms with Gasteiger partial charge in [0.2, 0.25) is 5.91 Å². The van der Waals surface area contributed by atoms with Gasteiger partial charge in [0.1, 0.15) is 11.5 Å². The fourth-order valence-electron chi connectivity index (χ4n) is 1.46. The Morgan fingerprint density at radius 3 is 3.00 bits per heavy atom. The lowest BCUT2D eigenvalue weighted by molar-refractivity contribution is -0.116. The SMILES string of the molecule is Cc1cc(NC(=O)CCn2cc(C(C)O)nn2)no1. The molecule has 2 aromatic heterocycles. The van der Waals surface area contributed by atoms with E-state index < -0.39 is 6.10 Å². The minimum Gasteiger partial charge on any atom is -0.387 e. The summed E-state index contributed by atoms with van der Waals surface area (Å²) in [6.45, 7) is 3.73. The van der Waals surface area contributed by atoms with Crippen LogP contribution in [0.4, 0.5) is 5.82 Å². The van der Waals surface area contributed by atoms with Gasteiger partial charge in [-0.15, -0.1) is 5.10 Å². The average Bonchev–Trinajstić information content (AvgIpc) is 2.96. The first-order valence-corrected chi connectivity index (χ1v) is 5.86. The van der Waals surface area contributed by atoms with Crippen LogP contribution in [0, 0.1) is 6.92 Å². The van der Waals surface area contributed by atoms with Crippen LogP contribution in [0.3, 0.4) is 0 Å². The average molecular weight is 265 g/mol. The van der Waals surface area contributed by atoms with E-state index in [0.717, 1.165) is 0 Å². The highest BCUT2D eigenvalue weighted by molar-refractivity contribution is 5.89. The van der Waals surface area contributed by atoms with Gasteiger partial charge in [0.05, 0.1) is 18.8 Å². The van der Waals surface area contributed by atoms with E-state index >= 15 is 0 Å².